The summed E-state index contributed by atoms with van der Waals surface area (Å²) in [5, 5.41) is 2.90. The van der Waals surface area contributed by atoms with Crippen LogP contribution in [-0.4, -0.2) is 38.0 Å². The molecule has 1 N–H and O–H groups in total. The highest BCUT2D eigenvalue weighted by Gasteiger charge is 2.24. The summed E-state index contributed by atoms with van der Waals surface area (Å²) in [5.74, 6) is 2.15. The molecule has 0 radical (unpaired) electrons. The minimum Gasteiger partial charge on any atom is -0.449 e. The zero-order valence-corrected chi connectivity index (χ0v) is 14.8. The van der Waals surface area contributed by atoms with Crippen LogP contribution in [0.5, 0.6) is 23.0 Å². The van der Waals surface area contributed by atoms with E-state index in [-0.39, 0.29) is 18.3 Å². The summed E-state index contributed by atoms with van der Waals surface area (Å²) < 4.78 is 11.8. The Bertz CT molecular complexity index is 747. The molecular formula is C18H21ClN2O3. The fraction of sp³-hybridized carbons (Fsp3) is 0.278. The molecule has 0 unspecified atom stereocenters. The average molecular weight is 349 g/mol. The maximum absolute atomic E-state index is 12.4. The Morgan fingerprint density at radius 2 is 1.88 bits per heavy atom. The molecule has 0 saturated carbocycles. The van der Waals surface area contributed by atoms with Crippen molar-refractivity contribution in [3.63, 3.8) is 0 Å². The SMILES string of the molecule is Cc1ccc2c(c1)Oc1cccc(C(=O)NCCN(C)C)c1O2.Cl. The third-order valence-electron chi connectivity index (χ3n) is 3.60. The summed E-state index contributed by atoms with van der Waals surface area (Å²) in [5.41, 5.74) is 1.57. The molecule has 1 aliphatic heterocycles. The lowest BCUT2D eigenvalue weighted by Gasteiger charge is -2.22. The van der Waals surface area contributed by atoms with Crippen LogP contribution in [0.1, 0.15) is 15.9 Å². The molecule has 6 heteroatoms. The summed E-state index contributed by atoms with van der Waals surface area (Å²) in [6, 6.07) is 11.1. The van der Waals surface area contributed by atoms with Gasteiger partial charge in [0.15, 0.2) is 23.0 Å². The first-order valence-corrected chi connectivity index (χ1v) is 7.57. The van der Waals surface area contributed by atoms with E-state index < -0.39 is 0 Å². The van der Waals surface area contributed by atoms with E-state index in [0.717, 1.165) is 12.1 Å². The number of benzene rings is 2. The lowest BCUT2D eigenvalue weighted by molar-refractivity contribution is 0.0947. The fourth-order valence-electron chi connectivity index (χ4n) is 2.38. The summed E-state index contributed by atoms with van der Waals surface area (Å²) in [7, 11) is 3.93. The van der Waals surface area contributed by atoms with Crippen LogP contribution in [0.2, 0.25) is 0 Å². The molecule has 0 atom stereocenters. The zero-order valence-electron chi connectivity index (χ0n) is 14.0. The van der Waals surface area contributed by atoms with Crippen LogP contribution in [0.25, 0.3) is 0 Å². The Balaban J connectivity index is 0.00000208. The Morgan fingerprint density at radius 3 is 2.62 bits per heavy atom. The number of nitrogens with one attached hydrogen (secondary N) is 1. The average Bonchev–Trinajstić information content (AvgIpc) is 2.51. The van der Waals surface area contributed by atoms with E-state index in [1.165, 1.54) is 0 Å². The molecule has 0 spiro atoms. The highest BCUT2D eigenvalue weighted by Crippen LogP contribution is 2.46. The molecule has 24 heavy (non-hydrogen) atoms. The Kier molecular flexibility index (Phi) is 5.70. The van der Waals surface area contributed by atoms with Crippen LogP contribution in [0, 0.1) is 6.92 Å². The van der Waals surface area contributed by atoms with Gasteiger partial charge in [-0.2, -0.15) is 0 Å². The first kappa shape index (κ1) is 18.1. The maximum atomic E-state index is 12.4. The number of likely N-dealkylation sites (N-methyl/N-ethyl adjacent to an activating group) is 1. The molecule has 0 fully saturated rings. The van der Waals surface area contributed by atoms with Gasteiger partial charge in [0.2, 0.25) is 0 Å². The van der Waals surface area contributed by atoms with Gasteiger partial charge in [0.1, 0.15) is 0 Å². The summed E-state index contributed by atoms with van der Waals surface area (Å²) >= 11 is 0. The predicted molar refractivity (Wildman–Crippen MR) is 95.9 cm³/mol. The van der Waals surface area contributed by atoms with Crippen molar-refractivity contribution in [1.29, 1.82) is 0 Å². The van der Waals surface area contributed by atoms with Gasteiger partial charge in [-0.05, 0) is 50.8 Å². The number of hydrogen-bond donors (Lipinski definition) is 1. The molecule has 1 amide bonds. The van der Waals surface area contributed by atoms with Gasteiger partial charge in [0.05, 0.1) is 5.56 Å². The number of nitrogens with zero attached hydrogens (tertiary/aromatic N) is 1. The van der Waals surface area contributed by atoms with E-state index in [0.29, 0.717) is 35.1 Å². The van der Waals surface area contributed by atoms with E-state index in [9.17, 15) is 4.79 Å². The van der Waals surface area contributed by atoms with Crippen molar-refractivity contribution < 1.29 is 14.3 Å². The number of halogens is 1. The minimum absolute atomic E-state index is 0. The van der Waals surface area contributed by atoms with Gasteiger partial charge >= 0.3 is 0 Å². The minimum atomic E-state index is -0.164. The van der Waals surface area contributed by atoms with Gasteiger partial charge in [-0.25, -0.2) is 0 Å². The maximum Gasteiger partial charge on any atom is 0.255 e. The number of amides is 1. The molecule has 128 valence electrons. The number of para-hydroxylation sites is 1. The van der Waals surface area contributed by atoms with Crippen molar-refractivity contribution in [3.8, 4) is 23.0 Å². The molecule has 0 aliphatic carbocycles. The Labute approximate surface area is 148 Å². The Morgan fingerprint density at radius 1 is 1.08 bits per heavy atom. The summed E-state index contributed by atoms with van der Waals surface area (Å²) in [6.07, 6.45) is 0. The van der Waals surface area contributed by atoms with Gasteiger partial charge in [0.25, 0.3) is 5.91 Å². The number of aryl methyl sites for hydroxylation is 1. The molecule has 0 aromatic heterocycles. The molecular weight excluding hydrogens is 328 g/mol. The van der Waals surface area contributed by atoms with E-state index in [2.05, 4.69) is 5.32 Å². The van der Waals surface area contributed by atoms with Crippen molar-refractivity contribution >= 4 is 18.3 Å². The highest BCUT2D eigenvalue weighted by molar-refractivity contribution is 5.98. The van der Waals surface area contributed by atoms with E-state index >= 15 is 0 Å². The molecule has 1 heterocycles. The number of ether oxygens (including phenoxy) is 2. The third kappa shape index (κ3) is 3.80. The first-order chi connectivity index (χ1) is 11.0. The van der Waals surface area contributed by atoms with Crippen LogP contribution >= 0.6 is 12.4 Å². The lowest BCUT2D eigenvalue weighted by atomic mass is 10.1. The second kappa shape index (κ2) is 7.55. The predicted octanol–water partition coefficient (Wildman–Crippen LogP) is 3.61. The normalized spacial score (nSPS) is 11.5. The van der Waals surface area contributed by atoms with Crippen molar-refractivity contribution in [2.45, 2.75) is 6.92 Å². The quantitative estimate of drug-likeness (QED) is 0.782. The molecule has 0 bridgehead atoms. The van der Waals surface area contributed by atoms with E-state index in [1.807, 2.05) is 44.1 Å². The second-order valence-electron chi connectivity index (χ2n) is 5.85. The zero-order chi connectivity index (χ0) is 16.4. The second-order valence-corrected chi connectivity index (χ2v) is 5.85. The van der Waals surface area contributed by atoms with Crippen molar-refractivity contribution in [2.75, 3.05) is 27.2 Å². The largest absolute Gasteiger partial charge is 0.449 e. The molecule has 5 nitrogen and oxygen atoms in total. The van der Waals surface area contributed by atoms with Crippen LogP contribution in [0.4, 0.5) is 0 Å². The van der Waals surface area contributed by atoms with Gasteiger partial charge in [-0.3, -0.25) is 4.79 Å². The lowest BCUT2D eigenvalue weighted by Crippen LogP contribution is -2.31. The van der Waals surface area contributed by atoms with Gasteiger partial charge in [-0.1, -0.05) is 12.1 Å². The molecule has 2 aromatic carbocycles. The van der Waals surface area contributed by atoms with Crippen molar-refractivity contribution in [1.82, 2.24) is 10.2 Å². The van der Waals surface area contributed by atoms with Crippen LogP contribution in [0.15, 0.2) is 36.4 Å². The fourth-order valence-corrected chi connectivity index (χ4v) is 2.38. The first-order valence-electron chi connectivity index (χ1n) is 7.57. The highest BCUT2D eigenvalue weighted by atomic mass is 35.5. The number of carbonyl (C=O) groups excluding carboxylic acids is 1. The molecule has 1 aliphatic rings. The number of fused-ring (bicyclic) bond motifs is 2. The molecule has 0 saturated heterocycles. The van der Waals surface area contributed by atoms with Gasteiger partial charge < -0.3 is 19.7 Å². The van der Waals surface area contributed by atoms with Crippen LogP contribution in [-0.2, 0) is 0 Å². The number of rotatable bonds is 4. The number of hydrogen-bond acceptors (Lipinski definition) is 4. The van der Waals surface area contributed by atoms with E-state index in [4.69, 9.17) is 9.47 Å². The summed E-state index contributed by atoms with van der Waals surface area (Å²) in [4.78, 5) is 14.4. The summed E-state index contributed by atoms with van der Waals surface area (Å²) in [6.45, 7) is 3.35. The van der Waals surface area contributed by atoms with Crippen molar-refractivity contribution in [2.24, 2.45) is 0 Å². The van der Waals surface area contributed by atoms with Crippen LogP contribution in [0.3, 0.4) is 0 Å². The molecule has 2 aromatic rings. The standard InChI is InChI=1S/C18H20N2O3.ClH/c1-12-7-8-14-16(11-12)22-15-6-4-5-13(17(15)23-14)18(21)19-9-10-20(2)3;/h4-8,11H,9-10H2,1-3H3,(H,19,21);1H. The van der Waals surface area contributed by atoms with Crippen molar-refractivity contribution in [3.05, 3.63) is 47.5 Å². The third-order valence-corrected chi connectivity index (χ3v) is 3.60. The van der Waals surface area contributed by atoms with Gasteiger partial charge in [-0.15, -0.1) is 12.4 Å². The van der Waals surface area contributed by atoms with Crippen LogP contribution < -0.4 is 14.8 Å². The smallest absolute Gasteiger partial charge is 0.255 e. The topological polar surface area (TPSA) is 50.8 Å². The van der Waals surface area contributed by atoms with E-state index in [1.54, 1.807) is 18.2 Å². The van der Waals surface area contributed by atoms with Gasteiger partial charge in [0, 0.05) is 13.1 Å². The Hall–Kier alpha value is -2.24. The number of carbonyl (C=O) groups is 1. The monoisotopic (exact) mass is 348 g/mol. The molecule has 3 rings (SSSR count).